The molecule has 0 spiro atoms. The molecule has 12 heteroatoms. The quantitative estimate of drug-likeness (QED) is 0.193. The number of hydroxylamine groups is 1. The molecule has 1 fully saturated rings. The molecule has 0 saturated carbocycles. The molecule has 0 radical (unpaired) electrons. The van der Waals surface area contributed by atoms with E-state index in [4.69, 9.17) is 21.0 Å². The van der Waals surface area contributed by atoms with Gasteiger partial charge in [0.25, 0.3) is 5.91 Å². The minimum atomic E-state index is -4.07. The Kier molecular flexibility index (Phi) is 4.86. The number of aliphatic hydroxyl groups is 2. The van der Waals surface area contributed by atoms with Gasteiger partial charge in [0, 0.05) is 0 Å². The maximum absolute atomic E-state index is 13.8. The highest BCUT2D eigenvalue weighted by molar-refractivity contribution is 6.28. The fraction of sp³-hybridized carbons (Fsp3) is 0.556. The van der Waals surface area contributed by atoms with E-state index in [1.165, 1.54) is 11.5 Å². The Balaban J connectivity index is 3.10. The van der Waals surface area contributed by atoms with Crippen LogP contribution in [0.5, 0.6) is 0 Å². The van der Waals surface area contributed by atoms with Gasteiger partial charge in [-0.15, -0.1) is 0 Å². The van der Waals surface area contributed by atoms with Gasteiger partial charge in [0.2, 0.25) is 17.8 Å². The van der Waals surface area contributed by atoms with Gasteiger partial charge in [-0.3, -0.25) is 15.3 Å². The molecular formula is C9H11F2N5O5. The van der Waals surface area contributed by atoms with Crippen molar-refractivity contribution >= 4 is 18.1 Å². The zero-order valence-corrected chi connectivity index (χ0v) is 10.2. The second-order valence-corrected chi connectivity index (χ2v) is 3.93. The molecule has 21 heavy (non-hydrogen) atoms. The number of nitriles is 1. The molecule has 0 unspecified atom stereocenters. The van der Waals surface area contributed by atoms with E-state index in [0.717, 1.165) is 0 Å². The number of nitrogens with zero attached hydrogens (tertiary/aromatic N) is 2. The summed E-state index contributed by atoms with van der Waals surface area (Å²) in [5.41, 5.74) is -1.31. The molecule has 1 aliphatic rings. The molecule has 0 aromatic rings. The maximum atomic E-state index is 13.8. The van der Waals surface area contributed by atoms with Crippen LogP contribution in [0.2, 0.25) is 0 Å². The molecule has 6 N–H and O–H groups in total. The molecule has 3 atom stereocenters. The average molecular weight is 307 g/mol. The number of aliphatic hydroxyl groups excluding tert-OH is 2. The van der Waals surface area contributed by atoms with Gasteiger partial charge in [-0.05, 0) is 0 Å². The van der Waals surface area contributed by atoms with Crippen LogP contribution in [-0.4, -0.2) is 64.0 Å². The van der Waals surface area contributed by atoms with Crippen molar-refractivity contribution in [3.63, 3.8) is 0 Å². The van der Waals surface area contributed by atoms with Crippen LogP contribution >= 0.6 is 0 Å². The largest absolute Gasteiger partial charge is 0.392 e. The lowest BCUT2D eigenvalue weighted by Crippen LogP contribution is -2.48. The first-order valence-electron chi connectivity index (χ1n) is 5.32. The van der Waals surface area contributed by atoms with Crippen molar-refractivity contribution in [2.24, 2.45) is 4.99 Å². The summed E-state index contributed by atoms with van der Waals surface area (Å²) >= 11 is 0. The molecule has 1 saturated heterocycles. The van der Waals surface area contributed by atoms with E-state index in [1.54, 1.807) is 5.32 Å². The number of amides is 1. The molecule has 1 heterocycles. The second kappa shape index (κ2) is 6.06. The molecule has 0 aromatic carbocycles. The number of guanidine groups is 1. The number of rotatable bonds is 3. The molecule has 1 aliphatic heterocycles. The molecule has 116 valence electrons. The van der Waals surface area contributed by atoms with Crippen molar-refractivity contribution in [3.8, 4) is 6.07 Å². The highest BCUT2D eigenvalue weighted by atomic mass is 19.3. The van der Waals surface area contributed by atoms with Gasteiger partial charge in [0.15, 0.2) is 6.10 Å². The average Bonchev–Trinajstić information content (AvgIpc) is 2.67. The van der Waals surface area contributed by atoms with E-state index >= 15 is 0 Å². The third-order valence-corrected chi connectivity index (χ3v) is 2.61. The smallest absolute Gasteiger partial charge is 0.323 e. The number of carbonyl (C=O) groups excluding carboxylic acids is 1. The van der Waals surface area contributed by atoms with Gasteiger partial charge in [0.1, 0.15) is 6.07 Å². The third-order valence-electron chi connectivity index (χ3n) is 2.61. The third kappa shape index (κ3) is 2.95. The Morgan fingerprint density at radius 3 is 2.62 bits per heavy atom. The number of aliphatic imine (C=N–C) groups is 1. The zero-order valence-electron chi connectivity index (χ0n) is 10.2. The number of halogens is 2. The van der Waals surface area contributed by atoms with Gasteiger partial charge >= 0.3 is 5.92 Å². The zero-order chi connectivity index (χ0) is 16.3. The van der Waals surface area contributed by atoms with Gasteiger partial charge in [-0.2, -0.15) is 14.0 Å². The first-order valence-corrected chi connectivity index (χ1v) is 5.32. The van der Waals surface area contributed by atoms with Crippen LogP contribution in [0.15, 0.2) is 4.99 Å². The van der Waals surface area contributed by atoms with E-state index in [9.17, 15) is 18.7 Å². The summed E-state index contributed by atoms with van der Waals surface area (Å²) in [6, 6.07) is 1.23. The van der Waals surface area contributed by atoms with Crippen molar-refractivity contribution < 1.29 is 33.7 Å². The van der Waals surface area contributed by atoms with Crippen LogP contribution in [0.3, 0.4) is 0 Å². The molecule has 10 nitrogen and oxygen atoms in total. The van der Waals surface area contributed by atoms with Crippen LogP contribution < -0.4 is 10.8 Å². The Morgan fingerprint density at radius 1 is 1.62 bits per heavy atom. The molecule has 1 rings (SSSR count). The van der Waals surface area contributed by atoms with E-state index in [2.05, 4.69) is 9.73 Å². The highest BCUT2D eigenvalue weighted by Crippen LogP contribution is 2.42. The molecule has 0 aliphatic carbocycles. The fourth-order valence-corrected chi connectivity index (χ4v) is 1.51. The summed E-state index contributed by atoms with van der Waals surface area (Å²) in [5, 5.41) is 44.1. The molecule has 0 aromatic heterocycles. The van der Waals surface area contributed by atoms with Gasteiger partial charge in [0.05, 0.1) is 12.8 Å². The van der Waals surface area contributed by atoms with Crippen LogP contribution in [0.25, 0.3) is 0 Å². The number of hydrogen-bond donors (Lipinski definition) is 6. The highest BCUT2D eigenvalue weighted by Gasteiger charge is 2.67. The number of hydrogen-bond acceptors (Lipinski definition) is 8. The fourth-order valence-electron chi connectivity index (χ4n) is 1.51. The molecular weight excluding hydrogens is 296 g/mol. The topological polar surface area (TPSA) is 171 Å². The van der Waals surface area contributed by atoms with E-state index in [1.807, 2.05) is 0 Å². The number of ether oxygens (including phenoxy) is 1. The minimum Gasteiger partial charge on any atom is -0.392 e. The summed E-state index contributed by atoms with van der Waals surface area (Å²) < 4.78 is 32.1. The van der Waals surface area contributed by atoms with Crippen LogP contribution in [-0.2, 0) is 9.53 Å². The molecule has 1 amide bonds. The number of nitrogens with one attached hydrogen (secondary N) is 3. The van der Waals surface area contributed by atoms with Crippen molar-refractivity contribution in [2.45, 2.75) is 23.9 Å². The Bertz CT molecular complexity index is 507. The summed E-state index contributed by atoms with van der Waals surface area (Å²) in [7, 11) is 0. The number of carbonyl (C=O) groups is 1. The van der Waals surface area contributed by atoms with Crippen molar-refractivity contribution in [1.29, 1.82) is 10.7 Å². The lowest BCUT2D eigenvalue weighted by Gasteiger charge is -2.21. The maximum Gasteiger partial charge on any atom is 0.323 e. The second-order valence-electron chi connectivity index (χ2n) is 3.93. The van der Waals surface area contributed by atoms with E-state index < -0.39 is 42.3 Å². The van der Waals surface area contributed by atoms with Crippen LogP contribution in [0.4, 0.5) is 8.78 Å². The summed E-state index contributed by atoms with van der Waals surface area (Å²) in [6.45, 7) is -1.22. The van der Waals surface area contributed by atoms with Crippen molar-refractivity contribution in [2.75, 3.05) is 6.61 Å². The van der Waals surface area contributed by atoms with Crippen molar-refractivity contribution in [1.82, 2.24) is 10.8 Å². The van der Waals surface area contributed by atoms with Crippen LogP contribution in [0, 0.1) is 16.7 Å². The van der Waals surface area contributed by atoms with Gasteiger partial charge < -0.3 is 20.4 Å². The van der Waals surface area contributed by atoms with E-state index in [0.29, 0.717) is 0 Å². The lowest BCUT2D eigenvalue weighted by atomic mass is 9.97. The van der Waals surface area contributed by atoms with Crippen molar-refractivity contribution in [3.05, 3.63) is 0 Å². The first-order chi connectivity index (χ1) is 9.77. The monoisotopic (exact) mass is 307 g/mol. The Morgan fingerprint density at radius 2 is 2.24 bits per heavy atom. The first kappa shape index (κ1) is 16.9. The van der Waals surface area contributed by atoms with Crippen LogP contribution in [0.1, 0.15) is 0 Å². The molecule has 0 bridgehead atoms. The van der Waals surface area contributed by atoms with Gasteiger partial charge in [-0.25, -0.2) is 10.5 Å². The summed E-state index contributed by atoms with van der Waals surface area (Å²) in [4.78, 5) is 14.0. The Labute approximate surface area is 116 Å². The SMILES string of the molecule is N#C[C@]1(CO)O[C@@H](N=C(NO)NC(=O)C=N)C(F)(F)[C@@H]1O. The Hall–Kier alpha value is -2.20. The van der Waals surface area contributed by atoms with Gasteiger partial charge in [-0.1, -0.05) is 0 Å². The normalized spacial score (nSPS) is 31.3. The predicted octanol–water partition coefficient (Wildman–Crippen LogP) is -2.31. The van der Waals surface area contributed by atoms with E-state index in [-0.39, 0.29) is 6.21 Å². The predicted molar refractivity (Wildman–Crippen MR) is 60.5 cm³/mol. The summed E-state index contributed by atoms with van der Waals surface area (Å²) in [5.74, 6) is -6.06. The number of alkyl halides is 2. The standard InChI is InChI=1S/C9H11F2N5O5/c10-9(11)5(19)8(2-13,3-17)21-6(9)15-7(16-20)14-4(18)1-12/h1,5-6,12,17,19-20H,3H2,(H2,14,15,16,18)/t5-,6-,8-/m1/s1. The summed E-state index contributed by atoms with van der Waals surface area (Å²) in [6.07, 6.45) is -4.85. The minimum absolute atomic E-state index is 0.280. The lowest BCUT2D eigenvalue weighted by molar-refractivity contribution is -0.114.